The lowest BCUT2D eigenvalue weighted by Crippen LogP contribution is -2.34. The van der Waals surface area contributed by atoms with Crippen LogP contribution in [0.15, 0.2) is 36.5 Å². The Morgan fingerprint density at radius 3 is 2.52 bits per heavy atom. The summed E-state index contributed by atoms with van der Waals surface area (Å²) in [6.07, 6.45) is 2.02. The summed E-state index contributed by atoms with van der Waals surface area (Å²) in [5.74, 6) is -1.37. The first-order valence-corrected chi connectivity index (χ1v) is 7.43. The summed E-state index contributed by atoms with van der Waals surface area (Å²) in [7, 11) is 0. The van der Waals surface area contributed by atoms with Gasteiger partial charge in [-0.05, 0) is 50.5 Å². The zero-order valence-electron chi connectivity index (χ0n) is 13.5. The number of aromatic nitrogens is 1. The van der Waals surface area contributed by atoms with Gasteiger partial charge in [0.25, 0.3) is 5.91 Å². The molecule has 0 saturated carbocycles. The summed E-state index contributed by atoms with van der Waals surface area (Å²) in [5.41, 5.74) is 3.89. The summed E-state index contributed by atoms with van der Waals surface area (Å²) in [4.78, 5) is 26.7. The summed E-state index contributed by atoms with van der Waals surface area (Å²) >= 11 is 0. The van der Waals surface area contributed by atoms with Crippen molar-refractivity contribution in [1.82, 2.24) is 10.3 Å². The van der Waals surface area contributed by atoms with Crippen molar-refractivity contribution in [1.29, 1.82) is 0 Å². The molecule has 1 aromatic heterocycles. The molecule has 0 aliphatic carbocycles. The van der Waals surface area contributed by atoms with Crippen LogP contribution in [0.25, 0.3) is 0 Å². The van der Waals surface area contributed by atoms with Crippen molar-refractivity contribution in [2.45, 2.75) is 33.2 Å². The number of benzene rings is 1. The Hall–Kier alpha value is -2.69. The van der Waals surface area contributed by atoms with Crippen molar-refractivity contribution in [2.24, 2.45) is 0 Å². The average molecular weight is 312 g/mol. The van der Waals surface area contributed by atoms with Gasteiger partial charge in [-0.3, -0.25) is 4.79 Å². The van der Waals surface area contributed by atoms with E-state index >= 15 is 0 Å². The second-order valence-corrected chi connectivity index (χ2v) is 5.75. The number of nitrogens with zero attached hydrogens (tertiary/aromatic N) is 1. The molecule has 1 aromatic carbocycles. The van der Waals surface area contributed by atoms with Gasteiger partial charge in [0.2, 0.25) is 0 Å². The Balaban J connectivity index is 2.00. The maximum atomic E-state index is 12.2. The highest BCUT2D eigenvalue weighted by Crippen LogP contribution is 2.13. The van der Waals surface area contributed by atoms with Crippen molar-refractivity contribution >= 4 is 11.9 Å². The van der Waals surface area contributed by atoms with Crippen LogP contribution in [0.5, 0.6) is 0 Å². The Kier molecular flexibility index (Phi) is 5.11. The molecule has 2 N–H and O–H groups in total. The fourth-order valence-electron chi connectivity index (χ4n) is 2.42. The minimum absolute atomic E-state index is 0.0388. The second-order valence-electron chi connectivity index (χ2n) is 5.75. The third-order valence-corrected chi connectivity index (χ3v) is 3.65. The van der Waals surface area contributed by atoms with E-state index in [-0.39, 0.29) is 17.6 Å². The molecule has 0 radical (unpaired) electrons. The molecule has 5 nitrogen and oxygen atoms in total. The Morgan fingerprint density at radius 2 is 1.96 bits per heavy atom. The first-order valence-electron chi connectivity index (χ1n) is 7.43. The molecule has 1 atom stereocenters. The number of nitrogens with one attached hydrogen (secondary N) is 1. The molecule has 0 bridgehead atoms. The molecule has 0 aliphatic rings. The smallest absolute Gasteiger partial charge is 0.354 e. The van der Waals surface area contributed by atoms with E-state index in [4.69, 9.17) is 5.11 Å². The van der Waals surface area contributed by atoms with Gasteiger partial charge in [-0.15, -0.1) is 0 Å². The standard InChI is InChI=1S/C18H20N2O3/c1-11-4-5-14(12(2)8-11)9-13(3)20-17(21)15-6-7-16(18(22)23)19-10-15/h4-8,10,13H,9H2,1-3H3,(H,20,21)(H,22,23). The van der Waals surface area contributed by atoms with Gasteiger partial charge in [0, 0.05) is 12.2 Å². The minimum atomic E-state index is -1.11. The van der Waals surface area contributed by atoms with E-state index in [1.807, 2.05) is 6.92 Å². The number of pyridine rings is 1. The third kappa shape index (κ3) is 4.39. The topological polar surface area (TPSA) is 79.3 Å². The van der Waals surface area contributed by atoms with E-state index < -0.39 is 5.97 Å². The summed E-state index contributed by atoms with van der Waals surface area (Å²) in [6.45, 7) is 6.05. The van der Waals surface area contributed by atoms with Crippen LogP contribution in [0.2, 0.25) is 0 Å². The van der Waals surface area contributed by atoms with E-state index in [1.165, 1.54) is 35.0 Å². The van der Waals surface area contributed by atoms with Crippen LogP contribution in [0.3, 0.4) is 0 Å². The molecule has 5 heteroatoms. The molecule has 2 rings (SSSR count). The lowest BCUT2D eigenvalue weighted by Gasteiger charge is -2.16. The van der Waals surface area contributed by atoms with E-state index in [0.717, 1.165) is 6.42 Å². The molecule has 0 fully saturated rings. The molecule has 0 saturated heterocycles. The van der Waals surface area contributed by atoms with Gasteiger partial charge in [-0.25, -0.2) is 9.78 Å². The van der Waals surface area contributed by atoms with Gasteiger partial charge in [0.15, 0.2) is 0 Å². The maximum Gasteiger partial charge on any atom is 0.354 e. The molecule has 0 aliphatic heterocycles. The van der Waals surface area contributed by atoms with Crippen LogP contribution in [0.4, 0.5) is 0 Å². The highest BCUT2D eigenvalue weighted by atomic mass is 16.4. The van der Waals surface area contributed by atoms with Gasteiger partial charge in [-0.2, -0.15) is 0 Å². The van der Waals surface area contributed by atoms with Crippen LogP contribution < -0.4 is 5.32 Å². The first-order chi connectivity index (χ1) is 10.9. The van der Waals surface area contributed by atoms with Gasteiger partial charge in [0.05, 0.1) is 5.56 Å². The van der Waals surface area contributed by atoms with Gasteiger partial charge in [0.1, 0.15) is 5.69 Å². The Bertz CT molecular complexity index is 724. The molecule has 1 heterocycles. The number of carbonyl (C=O) groups is 2. The molecule has 120 valence electrons. The Morgan fingerprint density at radius 1 is 1.22 bits per heavy atom. The molecule has 2 aromatic rings. The van der Waals surface area contributed by atoms with Crippen LogP contribution in [-0.2, 0) is 6.42 Å². The zero-order valence-corrected chi connectivity index (χ0v) is 13.5. The van der Waals surface area contributed by atoms with Gasteiger partial charge >= 0.3 is 5.97 Å². The number of aryl methyl sites for hydroxylation is 2. The molecule has 1 amide bonds. The highest BCUT2D eigenvalue weighted by Gasteiger charge is 2.13. The largest absolute Gasteiger partial charge is 0.477 e. The predicted octanol–water partition coefficient (Wildman–Crippen LogP) is 2.76. The van der Waals surface area contributed by atoms with Crippen molar-refractivity contribution in [3.05, 3.63) is 64.5 Å². The van der Waals surface area contributed by atoms with Crippen molar-refractivity contribution in [2.75, 3.05) is 0 Å². The van der Waals surface area contributed by atoms with Crippen molar-refractivity contribution in [3.8, 4) is 0 Å². The molecular formula is C18H20N2O3. The molecular weight excluding hydrogens is 292 g/mol. The minimum Gasteiger partial charge on any atom is -0.477 e. The fourth-order valence-corrected chi connectivity index (χ4v) is 2.42. The van der Waals surface area contributed by atoms with E-state index in [1.54, 1.807) is 0 Å². The highest BCUT2D eigenvalue weighted by molar-refractivity contribution is 5.95. The van der Waals surface area contributed by atoms with Crippen molar-refractivity contribution in [3.63, 3.8) is 0 Å². The molecule has 23 heavy (non-hydrogen) atoms. The third-order valence-electron chi connectivity index (χ3n) is 3.65. The second kappa shape index (κ2) is 7.05. The Labute approximate surface area is 135 Å². The number of carboxylic acid groups (broad SMARTS) is 1. The SMILES string of the molecule is Cc1ccc(CC(C)NC(=O)c2ccc(C(=O)O)nc2)c(C)c1. The molecule has 1 unspecified atom stereocenters. The van der Waals surface area contributed by atoms with Gasteiger partial charge < -0.3 is 10.4 Å². The normalized spacial score (nSPS) is 11.8. The zero-order chi connectivity index (χ0) is 17.0. The number of aromatic carboxylic acids is 1. The number of carbonyl (C=O) groups excluding carboxylic acids is 1. The first kappa shape index (κ1) is 16.7. The van der Waals surface area contributed by atoms with E-state index in [2.05, 4.69) is 42.3 Å². The van der Waals surface area contributed by atoms with Crippen LogP contribution >= 0.6 is 0 Å². The summed E-state index contributed by atoms with van der Waals surface area (Å²) in [5, 5.41) is 11.7. The van der Waals surface area contributed by atoms with Gasteiger partial charge in [-0.1, -0.05) is 23.8 Å². The average Bonchev–Trinajstić information content (AvgIpc) is 2.50. The van der Waals surface area contributed by atoms with Crippen LogP contribution in [0.1, 0.15) is 44.5 Å². The van der Waals surface area contributed by atoms with Crippen molar-refractivity contribution < 1.29 is 14.7 Å². The number of hydrogen-bond acceptors (Lipinski definition) is 3. The van der Waals surface area contributed by atoms with E-state index in [0.29, 0.717) is 5.56 Å². The lowest BCUT2D eigenvalue weighted by atomic mass is 10.00. The molecule has 0 spiro atoms. The number of hydrogen-bond donors (Lipinski definition) is 2. The monoisotopic (exact) mass is 312 g/mol. The quantitative estimate of drug-likeness (QED) is 0.889. The van der Waals surface area contributed by atoms with E-state index in [9.17, 15) is 9.59 Å². The predicted molar refractivity (Wildman–Crippen MR) is 87.7 cm³/mol. The number of amides is 1. The maximum absolute atomic E-state index is 12.2. The summed E-state index contributed by atoms with van der Waals surface area (Å²) in [6, 6.07) is 9.02. The lowest BCUT2D eigenvalue weighted by molar-refractivity contribution is 0.0689. The number of carboxylic acids is 1. The van der Waals surface area contributed by atoms with Crippen LogP contribution in [-0.4, -0.2) is 28.0 Å². The summed E-state index contributed by atoms with van der Waals surface area (Å²) < 4.78 is 0. The fraction of sp³-hybridized carbons (Fsp3) is 0.278. The number of rotatable bonds is 5. The van der Waals surface area contributed by atoms with Crippen LogP contribution in [0, 0.1) is 13.8 Å².